The van der Waals surface area contributed by atoms with Crippen LogP contribution in [0.1, 0.15) is 22.7 Å². The number of halogens is 1. The second kappa shape index (κ2) is 14.7. The first-order chi connectivity index (χ1) is 19.9. The van der Waals surface area contributed by atoms with E-state index in [1.165, 1.54) is 18.2 Å². The van der Waals surface area contributed by atoms with Crippen molar-refractivity contribution in [2.45, 2.75) is 12.6 Å². The number of benzene rings is 3. The van der Waals surface area contributed by atoms with Crippen molar-refractivity contribution in [3.63, 3.8) is 0 Å². The molecule has 4 rings (SSSR count). The fraction of sp³-hybridized carbons (Fsp3) is 0.355. The lowest BCUT2D eigenvalue weighted by atomic mass is 9.96. The van der Waals surface area contributed by atoms with Crippen LogP contribution in [-0.4, -0.2) is 82.2 Å². The highest BCUT2D eigenvalue weighted by molar-refractivity contribution is 6.30. The number of ether oxygens (including phenoxy) is 3. The van der Waals surface area contributed by atoms with E-state index < -0.39 is 0 Å². The van der Waals surface area contributed by atoms with Gasteiger partial charge in [0.25, 0.3) is 0 Å². The number of amides is 2. The molecular formula is C31H37ClN4O5. The van der Waals surface area contributed by atoms with E-state index in [2.05, 4.69) is 39.8 Å². The van der Waals surface area contributed by atoms with Crippen molar-refractivity contribution in [2.24, 2.45) is 0 Å². The van der Waals surface area contributed by atoms with Crippen LogP contribution in [0.5, 0.6) is 17.2 Å². The van der Waals surface area contributed by atoms with Gasteiger partial charge >= 0.3 is 0 Å². The van der Waals surface area contributed by atoms with Crippen molar-refractivity contribution in [3.8, 4) is 17.2 Å². The summed E-state index contributed by atoms with van der Waals surface area (Å²) >= 11 is 6.14. The normalized spacial score (nSPS) is 14.3. The number of methoxy groups -OCH3 is 3. The molecule has 10 heteroatoms. The van der Waals surface area contributed by atoms with Crippen LogP contribution in [0.3, 0.4) is 0 Å². The predicted octanol–water partition coefficient (Wildman–Crippen LogP) is 3.51. The zero-order chi connectivity index (χ0) is 29.2. The number of hydrogen-bond donors (Lipinski definition) is 2. The molecule has 218 valence electrons. The number of carbonyl (C=O) groups is 2. The summed E-state index contributed by atoms with van der Waals surface area (Å²) in [7, 11) is 4.63. The molecule has 0 radical (unpaired) electrons. The lowest BCUT2D eigenvalue weighted by molar-refractivity contribution is -0.132. The van der Waals surface area contributed by atoms with Crippen molar-refractivity contribution < 1.29 is 23.8 Å². The average molecular weight is 581 g/mol. The van der Waals surface area contributed by atoms with Gasteiger partial charge in [0.2, 0.25) is 17.6 Å². The van der Waals surface area contributed by atoms with Gasteiger partial charge in [-0.05, 0) is 41.0 Å². The predicted molar refractivity (Wildman–Crippen MR) is 159 cm³/mol. The Labute approximate surface area is 246 Å². The van der Waals surface area contributed by atoms with Gasteiger partial charge in [-0.2, -0.15) is 0 Å². The summed E-state index contributed by atoms with van der Waals surface area (Å²) in [6, 6.07) is 22.0. The first-order valence-corrected chi connectivity index (χ1v) is 13.9. The van der Waals surface area contributed by atoms with Gasteiger partial charge in [-0.15, -0.1) is 0 Å². The lowest BCUT2D eigenvalue weighted by Gasteiger charge is -2.40. The molecule has 0 aromatic heterocycles. The third-order valence-electron chi connectivity index (χ3n) is 7.11. The number of nitrogens with zero attached hydrogens (tertiary/aromatic N) is 2. The van der Waals surface area contributed by atoms with E-state index in [0.717, 1.165) is 18.7 Å². The SMILES string of the molecule is COc1cc(CNC(=O)CNCC(=O)N2CCN(C(c3ccccc3)c3ccc(Cl)cc3)CC2)cc(OC)c1OC. The number of hydrogen-bond acceptors (Lipinski definition) is 7. The maximum Gasteiger partial charge on any atom is 0.236 e. The molecule has 0 saturated carbocycles. The number of piperazine rings is 1. The zero-order valence-corrected chi connectivity index (χ0v) is 24.4. The highest BCUT2D eigenvalue weighted by Crippen LogP contribution is 2.38. The van der Waals surface area contributed by atoms with Crippen LogP contribution in [0.15, 0.2) is 66.7 Å². The third-order valence-corrected chi connectivity index (χ3v) is 7.36. The van der Waals surface area contributed by atoms with E-state index in [1.54, 1.807) is 26.4 Å². The first-order valence-electron chi connectivity index (χ1n) is 13.5. The molecule has 3 aromatic carbocycles. The lowest BCUT2D eigenvalue weighted by Crippen LogP contribution is -2.52. The Morgan fingerprint density at radius 1 is 0.829 bits per heavy atom. The summed E-state index contributed by atoms with van der Waals surface area (Å²) in [6.45, 7) is 3.12. The molecule has 3 aromatic rings. The second-order valence-corrected chi connectivity index (χ2v) is 10.1. The van der Waals surface area contributed by atoms with Gasteiger partial charge in [-0.1, -0.05) is 54.1 Å². The molecule has 1 unspecified atom stereocenters. The van der Waals surface area contributed by atoms with Crippen LogP contribution in [0, 0.1) is 0 Å². The van der Waals surface area contributed by atoms with Crippen LogP contribution < -0.4 is 24.8 Å². The monoisotopic (exact) mass is 580 g/mol. The molecule has 1 atom stereocenters. The van der Waals surface area contributed by atoms with Gasteiger partial charge in [-0.25, -0.2) is 0 Å². The Bertz CT molecular complexity index is 1270. The Morgan fingerprint density at radius 2 is 1.44 bits per heavy atom. The number of rotatable bonds is 12. The minimum atomic E-state index is -0.218. The van der Waals surface area contributed by atoms with E-state index in [9.17, 15) is 9.59 Å². The van der Waals surface area contributed by atoms with E-state index in [-0.39, 0.29) is 37.5 Å². The van der Waals surface area contributed by atoms with Gasteiger partial charge in [0.15, 0.2) is 11.5 Å². The summed E-state index contributed by atoms with van der Waals surface area (Å²) in [4.78, 5) is 29.5. The molecule has 0 aliphatic carbocycles. The number of carbonyl (C=O) groups excluding carboxylic acids is 2. The van der Waals surface area contributed by atoms with Crippen LogP contribution in [-0.2, 0) is 16.1 Å². The molecule has 1 fully saturated rings. The van der Waals surface area contributed by atoms with Gasteiger partial charge in [0.1, 0.15) is 0 Å². The Hall–Kier alpha value is -3.79. The minimum Gasteiger partial charge on any atom is -0.493 e. The van der Waals surface area contributed by atoms with Crippen LogP contribution >= 0.6 is 11.6 Å². The summed E-state index contributed by atoms with van der Waals surface area (Å²) in [5.41, 5.74) is 3.17. The molecule has 1 saturated heterocycles. The van der Waals surface area contributed by atoms with Gasteiger partial charge in [0, 0.05) is 37.7 Å². The van der Waals surface area contributed by atoms with Crippen molar-refractivity contribution in [3.05, 3.63) is 88.4 Å². The van der Waals surface area contributed by atoms with Crippen LogP contribution in [0.25, 0.3) is 0 Å². The van der Waals surface area contributed by atoms with Crippen molar-refractivity contribution in [1.29, 1.82) is 0 Å². The Kier molecular flexibility index (Phi) is 10.8. The standard InChI is InChI=1S/C31H37ClN4O5/c1-39-26-17-22(18-27(40-2)31(26)41-3)19-34-28(37)20-33-21-29(38)35-13-15-36(16-14-35)30(23-7-5-4-6-8-23)24-9-11-25(32)12-10-24/h4-12,17-18,30,33H,13-16,19-21H2,1-3H3,(H,34,37). The van der Waals surface area contributed by atoms with Gasteiger partial charge in [-0.3, -0.25) is 19.8 Å². The maximum absolute atomic E-state index is 12.9. The average Bonchev–Trinajstić information content (AvgIpc) is 3.01. The molecule has 1 aliphatic rings. The smallest absolute Gasteiger partial charge is 0.236 e. The van der Waals surface area contributed by atoms with Gasteiger partial charge in [0.05, 0.1) is 40.5 Å². The second-order valence-electron chi connectivity index (χ2n) is 9.70. The highest BCUT2D eigenvalue weighted by atomic mass is 35.5. The van der Waals surface area contributed by atoms with Crippen LogP contribution in [0.2, 0.25) is 5.02 Å². The van der Waals surface area contributed by atoms with Crippen molar-refractivity contribution in [2.75, 3.05) is 60.6 Å². The van der Waals surface area contributed by atoms with Crippen molar-refractivity contribution >= 4 is 23.4 Å². The van der Waals surface area contributed by atoms with Gasteiger partial charge < -0.3 is 24.4 Å². The molecule has 0 bridgehead atoms. The first kappa shape index (κ1) is 30.2. The fourth-order valence-corrected chi connectivity index (χ4v) is 5.15. The summed E-state index contributed by atoms with van der Waals surface area (Å²) in [6.07, 6.45) is 0. The molecule has 2 N–H and O–H groups in total. The Morgan fingerprint density at radius 3 is 2.02 bits per heavy atom. The van der Waals surface area contributed by atoms with Crippen LogP contribution in [0.4, 0.5) is 0 Å². The van der Waals surface area contributed by atoms with Crippen molar-refractivity contribution in [1.82, 2.24) is 20.4 Å². The zero-order valence-electron chi connectivity index (χ0n) is 23.7. The van der Waals surface area contributed by atoms with E-state index in [1.807, 2.05) is 35.2 Å². The molecule has 2 amide bonds. The molecule has 1 aliphatic heterocycles. The largest absolute Gasteiger partial charge is 0.493 e. The summed E-state index contributed by atoms with van der Waals surface area (Å²) < 4.78 is 16.1. The summed E-state index contributed by atoms with van der Waals surface area (Å²) in [5, 5.41) is 6.53. The van der Waals surface area contributed by atoms with E-state index in [4.69, 9.17) is 25.8 Å². The molecule has 1 heterocycles. The number of nitrogens with one attached hydrogen (secondary N) is 2. The fourth-order valence-electron chi connectivity index (χ4n) is 5.02. The third kappa shape index (κ3) is 7.91. The highest BCUT2D eigenvalue weighted by Gasteiger charge is 2.28. The molecule has 41 heavy (non-hydrogen) atoms. The molecule has 9 nitrogen and oxygen atoms in total. The minimum absolute atomic E-state index is 0.0233. The summed E-state index contributed by atoms with van der Waals surface area (Å²) in [5.74, 6) is 1.29. The van der Waals surface area contributed by atoms with E-state index in [0.29, 0.717) is 35.4 Å². The Balaban J connectivity index is 1.24. The van der Waals surface area contributed by atoms with E-state index >= 15 is 0 Å². The molecular weight excluding hydrogens is 544 g/mol. The maximum atomic E-state index is 12.9. The molecule has 0 spiro atoms. The quantitative estimate of drug-likeness (QED) is 0.339. The topological polar surface area (TPSA) is 92.4 Å².